The number of amides is 1. The van der Waals surface area contributed by atoms with Gasteiger partial charge in [-0.1, -0.05) is 17.9 Å². The molecular formula is C14H14N4O. The fourth-order valence-electron chi connectivity index (χ4n) is 1.55. The van der Waals surface area contributed by atoms with Crippen LogP contribution in [-0.4, -0.2) is 22.4 Å². The third-order valence-electron chi connectivity index (χ3n) is 2.45. The van der Waals surface area contributed by atoms with E-state index in [-0.39, 0.29) is 5.91 Å². The van der Waals surface area contributed by atoms with Crippen LogP contribution in [0.15, 0.2) is 36.8 Å². The first-order valence-electron chi connectivity index (χ1n) is 5.84. The Bertz CT molecular complexity index is 608. The van der Waals surface area contributed by atoms with Crippen molar-refractivity contribution in [3.8, 4) is 11.8 Å². The van der Waals surface area contributed by atoms with Crippen molar-refractivity contribution in [2.24, 2.45) is 5.73 Å². The number of H-pyrrole nitrogens is 1. The van der Waals surface area contributed by atoms with Crippen LogP contribution in [0.4, 0.5) is 0 Å². The highest BCUT2D eigenvalue weighted by Crippen LogP contribution is 2.04. The average Bonchev–Trinajstić information content (AvgIpc) is 2.96. The number of nitrogens with one attached hydrogen (secondary N) is 2. The highest BCUT2D eigenvalue weighted by atomic mass is 16.1. The van der Waals surface area contributed by atoms with Crippen LogP contribution in [0.1, 0.15) is 21.6 Å². The zero-order chi connectivity index (χ0) is 13.5. The Morgan fingerprint density at radius 3 is 3.11 bits per heavy atom. The Balaban J connectivity index is 2.02. The van der Waals surface area contributed by atoms with E-state index in [2.05, 4.69) is 27.1 Å². The van der Waals surface area contributed by atoms with Gasteiger partial charge in [-0.05, 0) is 18.2 Å². The fraction of sp³-hybridized carbons (Fsp3) is 0.143. The molecule has 2 aromatic rings. The van der Waals surface area contributed by atoms with Gasteiger partial charge in [-0.15, -0.1) is 0 Å². The van der Waals surface area contributed by atoms with E-state index in [1.54, 1.807) is 30.7 Å². The standard InChI is InChI=1S/C14H14N4O/c15-6-2-4-11-3-1-5-12(7-11)14(19)17-9-13-8-16-10-18-13/h1,3,5,7-8,10H,6,9,15H2,(H,16,18)(H,17,19). The molecule has 19 heavy (non-hydrogen) atoms. The lowest BCUT2D eigenvalue weighted by Crippen LogP contribution is -2.22. The summed E-state index contributed by atoms with van der Waals surface area (Å²) in [6.45, 7) is 0.716. The number of hydrogen-bond acceptors (Lipinski definition) is 3. The molecule has 0 spiro atoms. The molecule has 0 bridgehead atoms. The molecule has 5 nitrogen and oxygen atoms in total. The van der Waals surface area contributed by atoms with Gasteiger partial charge in [0.15, 0.2) is 0 Å². The van der Waals surface area contributed by atoms with Gasteiger partial charge >= 0.3 is 0 Å². The molecule has 0 aliphatic heterocycles. The van der Waals surface area contributed by atoms with Crippen LogP contribution in [-0.2, 0) is 6.54 Å². The normalized spacial score (nSPS) is 9.53. The molecule has 0 atom stereocenters. The quantitative estimate of drug-likeness (QED) is 0.703. The zero-order valence-electron chi connectivity index (χ0n) is 10.3. The molecule has 96 valence electrons. The van der Waals surface area contributed by atoms with Gasteiger partial charge in [-0.2, -0.15) is 0 Å². The molecule has 2 rings (SSSR count). The number of aromatic nitrogens is 2. The Labute approximate surface area is 111 Å². The minimum atomic E-state index is -0.147. The predicted molar refractivity (Wildman–Crippen MR) is 72.1 cm³/mol. The van der Waals surface area contributed by atoms with Crippen LogP contribution in [0.5, 0.6) is 0 Å². The molecule has 0 aliphatic carbocycles. The molecule has 0 fully saturated rings. The summed E-state index contributed by atoms with van der Waals surface area (Å²) < 4.78 is 0. The van der Waals surface area contributed by atoms with Gasteiger partial charge in [0.1, 0.15) is 0 Å². The van der Waals surface area contributed by atoms with Crippen LogP contribution < -0.4 is 11.1 Å². The Hall–Kier alpha value is -2.58. The molecule has 0 saturated carbocycles. The zero-order valence-corrected chi connectivity index (χ0v) is 10.3. The van der Waals surface area contributed by atoms with Crippen LogP contribution >= 0.6 is 0 Å². The lowest BCUT2D eigenvalue weighted by Gasteiger charge is -2.04. The lowest BCUT2D eigenvalue weighted by molar-refractivity contribution is 0.0950. The monoisotopic (exact) mass is 254 g/mol. The lowest BCUT2D eigenvalue weighted by atomic mass is 10.1. The molecule has 0 unspecified atom stereocenters. The van der Waals surface area contributed by atoms with Crippen molar-refractivity contribution in [1.29, 1.82) is 0 Å². The molecule has 5 heteroatoms. The van der Waals surface area contributed by atoms with Crippen molar-refractivity contribution >= 4 is 5.91 Å². The number of aromatic amines is 1. The number of nitrogens with two attached hydrogens (primary N) is 1. The maximum atomic E-state index is 11.9. The van der Waals surface area contributed by atoms with Crippen molar-refractivity contribution in [2.45, 2.75) is 6.54 Å². The summed E-state index contributed by atoms with van der Waals surface area (Å²) in [5, 5.41) is 2.80. The van der Waals surface area contributed by atoms with E-state index in [1.807, 2.05) is 6.07 Å². The molecule has 1 aromatic heterocycles. The molecule has 0 radical (unpaired) electrons. The van der Waals surface area contributed by atoms with Crippen LogP contribution in [0.2, 0.25) is 0 Å². The molecule has 1 aromatic carbocycles. The minimum absolute atomic E-state index is 0.147. The largest absolute Gasteiger partial charge is 0.347 e. The summed E-state index contributed by atoms with van der Waals surface area (Å²) in [7, 11) is 0. The number of carbonyl (C=O) groups is 1. The van der Waals surface area contributed by atoms with Crippen LogP contribution in [0.3, 0.4) is 0 Å². The van der Waals surface area contributed by atoms with Gasteiger partial charge in [0, 0.05) is 17.3 Å². The summed E-state index contributed by atoms with van der Waals surface area (Å²) in [6.07, 6.45) is 3.24. The van der Waals surface area contributed by atoms with E-state index in [0.717, 1.165) is 11.3 Å². The minimum Gasteiger partial charge on any atom is -0.347 e. The van der Waals surface area contributed by atoms with Crippen LogP contribution in [0, 0.1) is 11.8 Å². The third-order valence-corrected chi connectivity index (χ3v) is 2.45. The van der Waals surface area contributed by atoms with Gasteiger partial charge in [0.2, 0.25) is 0 Å². The summed E-state index contributed by atoms with van der Waals surface area (Å²) in [5.41, 5.74) is 7.52. The van der Waals surface area contributed by atoms with E-state index in [4.69, 9.17) is 5.73 Å². The van der Waals surface area contributed by atoms with Crippen molar-refractivity contribution in [1.82, 2.24) is 15.3 Å². The van der Waals surface area contributed by atoms with Crippen molar-refractivity contribution in [3.05, 3.63) is 53.6 Å². The van der Waals surface area contributed by atoms with Crippen molar-refractivity contribution < 1.29 is 4.79 Å². The molecular weight excluding hydrogens is 240 g/mol. The summed E-state index contributed by atoms with van der Waals surface area (Å²) >= 11 is 0. The van der Waals surface area contributed by atoms with Gasteiger partial charge < -0.3 is 16.0 Å². The predicted octanol–water partition coefficient (Wildman–Crippen LogP) is 0.650. The van der Waals surface area contributed by atoms with Crippen LogP contribution in [0.25, 0.3) is 0 Å². The first-order valence-corrected chi connectivity index (χ1v) is 5.84. The third kappa shape index (κ3) is 3.69. The van der Waals surface area contributed by atoms with E-state index in [1.165, 1.54) is 0 Å². The Morgan fingerprint density at radius 1 is 1.47 bits per heavy atom. The van der Waals surface area contributed by atoms with E-state index in [0.29, 0.717) is 18.7 Å². The molecule has 0 aliphatic rings. The number of imidazole rings is 1. The molecule has 1 amide bonds. The van der Waals surface area contributed by atoms with E-state index >= 15 is 0 Å². The second-order valence-corrected chi connectivity index (χ2v) is 3.85. The van der Waals surface area contributed by atoms with Crippen molar-refractivity contribution in [3.63, 3.8) is 0 Å². The summed E-state index contributed by atoms with van der Waals surface area (Å²) in [6, 6.07) is 7.13. The second-order valence-electron chi connectivity index (χ2n) is 3.85. The highest BCUT2D eigenvalue weighted by molar-refractivity contribution is 5.94. The average molecular weight is 254 g/mol. The Morgan fingerprint density at radius 2 is 2.37 bits per heavy atom. The topological polar surface area (TPSA) is 83.8 Å². The SMILES string of the molecule is NCC#Cc1cccc(C(=O)NCc2cnc[nH]2)c1. The molecule has 4 N–H and O–H groups in total. The highest BCUT2D eigenvalue weighted by Gasteiger charge is 2.05. The first-order chi connectivity index (χ1) is 9.29. The summed E-state index contributed by atoms with van der Waals surface area (Å²) in [4.78, 5) is 18.8. The number of nitrogens with zero attached hydrogens (tertiary/aromatic N) is 1. The maximum Gasteiger partial charge on any atom is 0.251 e. The van der Waals surface area contributed by atoms with Gasteiger partial charge in [0.25, 0.3) is 5.91 Å². The first kappa shape index (κ1) is 12.9. The maximum absolute atomic E-state index is 11.9. The molecule has 0 saturated heterocycles. The summed E-state index contributed by atoms with van der Waals surface area (Å²) in [5.74, 6) is 5.51. The van der Waals surface area contributed by atoms with Gasteiger partial charge in [-0.3, -0.25) is 4.79 Å². The van der Waals surface area contributed by atoms with Gasteiger partial charge in [0.05, 0.1) is 25.1 Å². The smallest absolute Gasteiger partial charge is 0.251 e. The van der Waals surface area contributed by atoms with Gasteiger partial charge in [-0.25, -0.2) is 4.98 Å². The van der Waals surface area contributed by atoms with Crippen molar-refractivity contribution in [2.75, 3.05) is 6.54 Å². The van der Waals surface area contributed by atoms with E-state index in [9.17, 15) is 4.79 Å². The Kier molecular flexibility index (Phi) is 4.32. The van der Waals surface area contributed by atoms with E-state index < -0.39 is 0 Å². The number of carbonyl (C=O) groups excluding carboxylic acids is 1. The molecule has 1 heterocycles. The fourth-order valence-corrected chi connectivity index (χ4v) is 1.55. The number of rotatable bonds is 3. The number of hydrogen-bond donors (Lipinski definition) is 3. The number of benzene rings is 1. The second kappa shape index (κ2) is 6.38.